The standard InChI is InChI=1S/C21H18N10O2/c22-30(17(32)14-6-10-24-11-7-14)20-27-19(26-16-4-2-1-3-5-16)28-21(29-20)31(23)18(33)15-8-12-25-13-9-15/h1-13H,22-23H2,(H,26,27,28,29). The van der Waals surface area contributed by atoms with Crippen LogP contribution in [0.1, 0.15) is 20.7 Å². The fourth-order valence-corrected chi connectivity index (χ4v) is 2.72. The molecule has 4 aromatic rings. The van der Waals surface area contributed by atoms with Gasteiger partial charge in [-0.05, 0) is 36.4 Å². The van der Waals surface area contributed by atoms with Crippen molar-refractivity contribution in [3.05, 3.63) is 90.5 Å². The summed E-state index contributed by atoms with van der Waals surface area (Å²) < 4.78 is 0. The second kappa shape index (κ2) is 9.55. The van der Waals surface area contributed by atoms with Crippen molar-refractivity contribution in [2.75, 3.05) is 15.3 Å². The Morgan fingerprint density at radius 1 is 0.667 bits per heavy atom. The molecular formula is C21H18N10O2. The molecule has 0 aliphatic carbocycles. The summed E-state index contributed by atoms with van der Waals surface area (Å²) in [6.07, 6.45) is 5.82. The minimum atomic E-state index is -0.593. The van der Waals surface area contributed by atoms with Gasteiger partial charge >= 0.3 is 0 Å². The smallest absolute Gasteiger partial charge is 0.275 e. The van der Waals surface area contributed by atoms with Crippen molar-refractivity contribution in [2.24, 2.45) is 11.7 Å². The minimum absolute atomic E-state index is 0.0251. The Balaban J connectivity index is 1.71. The van der Waals surface area contributed by atoms with E-state index in [1.807, 2.05) is 18.2 Å². The largest absolute Gasteiger partial charge is 0.324 e. The van der Waals surface area contributed by atoms with Gasteiger partial charge in [-0.15, -0.1) is 0 Å². The molecule has 3 heterocycles. The highest BCUT2D eigenvalue weighted by atomic mass is 16.2. The van der Waals surface area contributed by atoms with Crippen molar-refractivity contribution in [3.8, 4) is 0 Å². The molecule has 0 radical (unpaired) electrons. The van der Waals surface area contributed by atoms with Crippen molar-refractivity contribution < 1.29 is 9.59 Å². The van der Waals surface area contributed by atoms with Gasteiger partial charge in [0.2, 0.25) is 5.95 Å². The first-order valence-electron chi connectivity index (χ1n) is 9.59. The number of nitrogens with two attached hydrogens (primary N) is 2. The van der Waals surface area contributed by atoms with Gasteiger partial charge in [0.1, 0.15) is 0 Å². The molecule has 0 fully saturated rings. The molecule has 12 nitrogen and oxygen atoms in total. The third kappa shape index (κ3) is 4.92. The fraction of sp³-hybridized carbons (Fsp3) is 0. The van der Waals surface area contributed by atoms with Gasteiger partial charge < -0.3 is 5.32 Å². The number of hydrazine groups is 2. The number of pyridine rings is 2. The monoisotopic (exact) mass is 442 g/mol. The molecule has 1 aromatic carbocycles. The Bertz CT molecular complexity index is 1180. The second-order valence-corrected chi connectivity index (χ2v) is 6.57. The molecule has 5 N–H and O–H groups in total. The predicted molar refractivity (Wildman–Crippen MR) is 120 cm³/mol. The lowest BCUT2D eigenvalue weighted by Gasteiger charge is -2.19. The number of nitrogens with one attached hydrogen (secondary N) is 1. The number of carbonyl (C=O) groups is 2. The third-order valence-electron chi connectivity index (χ3n) is 4.36. The number of hydrogen-bond acceptors (Lipinski definition) is 10. The Kier molecular flexibility index (Phi) is 6.20. The van der Waals surface area contributed by atoms with Crippen LogP contribution in [0.3, 0.4) is 0 Å². The van der Waals surface area contributed by atoms with E-state index in [0.717, 1.165) is 10.0 Å². The van der Waals surface area contributed by atoms with Gasteiger partial charge in [0.15, 0.2) is 0 Å². The Labute approximate surface area is 187 Å². The van der Waals surface area contributed by atoms with Crippen LogP contribution in [-0.2, 0) is 0 Å². The first kappa shape index (κ1) is 21.4. The van der Waals surface area contributed by atoms with Crippen LogP contribution < -0.4 is 27.0 Å². The number of carbonyl (C=O) groups excluding carboxylic acids is 2. The summed E-state index contributed by atoms with van der Waals surface area (Å²) in [5.41, 5.74) is 1.20. The number of anilines is 4. The van der Waals surface area contributed by atoms with E-state index in [1.165, 1.54) is 49.1 Å². The molecule has 0 saturated heterocycles. The molecule has 0 unspecified atom stereocenters. The molecule has 0 aliphatic heterocycles. The quantitative estimate of drug-likeness (QED) is 0.226. The Hall–Kier alpha value is -4.81. The summed E-state index contributed by atoms with van der Waals surface area (Å²) in [6, 6.07) is 15.0. The maximum absolute atomic E-state index is 12.8. The summed E-state index contributed by atoms with van der Waals surface area (Å²) in [4.78, 5) is 45.9. The van der Waals surface area contributed by atoms with Gasteiger partial charge in [-0.25, -0.2) is 21.7 Å². The van der Waals surface area contributed by atoms with Crippen molar-refractivity contribution in [3.63, 3.8) is 0 Å². The van der Waals surface area contributed by atoms with Crippen LogP contribution >= 0.6 is 0 Å². The number of para-hydroxylation sites is 1. The van der Waals surface area contributed by atoms with E-state index in [1.54, 1.807) is 12.1 Å². The van der Waals surface area contributed by atoms with Crippen LogP contribution in [0.15, 0.2) is 79.4 Å². The summed E-state index contributed by atoms with van der Waals surface area (Å²) >= 11 is 0. The minimum Gasteiger partial charge on any atom is -0.324 e. The normalized spacial score (nSPS) is 10.4. The van der Waals surface area contributed by atoms with Crippen LogP contribution in [0.25, 0.3) is 0 Å². The van der Waals surface area contributed by atoms with Crippen LogP contribution in [0.2, 0.25) is 0 Å². The number of nitrogens with zero attached hydrogens (tertiary/aromatic N) is 7. The maximum Gasteiger partial charge on any atom is 0.275 e. The van der Waals surface area contributed by atoms with Gasteiger partial charge in [0, 0.05) is 41.6 Å². The Morgan fingerprint density at radius 3 is 1.58 bits per heavy atom. The molecule has 3 aromatic heterocycles. The lowest BCUT2D eigenvalue weighted by molar-refractivity contribution is 0.0980. The first-order valence-corrected chi connectivity index (χ1v) is 9.59. The average Bonchev–Trinajstić information content (AvgIpc) is 2.88. The SMILES string of the molecule is NN(C(=O)c1ccncc1)c1nc(Nc2ccccc2)nc(N(N)C(=O)c2ccncc2)n1. The van der Waals surface area contributed by atoms with E-state index in [0.29, 0.717) is 5.69 Å². The van der Waals surface area contributed by atoms with Gasteiger partial charge in [0.05, 0.1) is 0 Å². The highest BCUT2D eigenvalue weighted by Gasteiger charge is 2.23. The molecule has 12 heteroatoms. The van der Waals surface area contributed by atoms with Gasteiger partial charge in [-0.3, -0.25) is 19.6 Å². The average molecular weight is 442 g/mol. The van der Waals surface area contributed by atoms with Gasteiger partial charge in [-0.1, -0.05) is 18.2 Å². The predicted octanol–water partition coefficient (Wildman–Crippen LogP) is 1.45. The fourth-order valence-electron chi connectivity index (χ4n) is 2.72. The zero-order chi connectivity index (χ0) is 23.2. The first-order chi connectivity index (χ1) is 16.0. The summed E-state index contributed by atoms with van der Waals surface area (Å²) in [5, 5.41) is 4.46. The number of benzene rings is 1. The van der Waals surface area contributed by atoms with E-state index in [4.69, 9.17) is 11.7 Å². The van der Waals surface area contributed by atoms with Crippen LogP contribution in [0.4, 0.5) is 23.5 Å². The van der Waals surface area contributed by atoms with Crippen LogP contribution in [0, 0.1) is 0 Å². The molecule has 0 atom stereocenters. The van der Waals surface area contributed by atoms with E-state index in [2.05, 4.69) is 30.2 Å². The molecule has 0 aliphatic rings. The van der Waals surface area contributed by atoms with E-state index in [-0.39, 0.29) is 29.0 Å². The maximum atomic E-state index is 12.8. The molecule has 33 heavy (non-hydrogen) atoms. The molecule has 0 spiro atoms. The third-order valence-corrected chi connectivity index (χ3v) is 4.36. The summed E-state index contributed by atoms with van der Waals surface area (Å²) in [5.74, 6) is 10.4. The lowest BCUT2D eigenvalue weighted by atomic mass is 10.2. The van der Waals surface area contributed by atoms with E-state index < -0.39 is 11.8 Å². The zero-order valence-electron chi connectivity index (χ0n) is 17.1. The molecular weight excluding hydrogens is 424 g/mol. The number of hydrogen-bond donors (Lipinski definition) is 3. The van der Waals surface area contributed by atoms with Crippen LogP contribution in [0.5, 0.6) is 0 Å². The number of rotatable bonds is 6. The molecule has 0 saturated carbocycles. The number of aromatic nitrogens is 5. The van der Waals surface area contributed by atoms with Crippen molar-refractivity contribution in [2.45, 2.75) is 0 Å². The van der Waals surface area contributed by atoms with E-state index >= 15 is 0 Å². The topological polar surface area (TPSA) is 169 Å². The summed E-state index contributed by atoms with van der Waals surface area (Å²) in [6.45, 7) is 0. The molecule has 164 valence electrons. The van der Waals surface area contributed by atoms with E-state index in [9.17, 15) is 9.59 Å². The van der Waals surface area contributed by atoms with Crippen molar-refractivity contribution in [1.82, 2.24) is 24.9 Å². The Morgan fingerprint density at radius 2 is 1.12 bits per heavy atom. The highest BCUT2D eigenvalue weighted by Crippen LogP contribution is 2.19. The molecule has 4 rings (SSSR count). The van der Waals surface area contributed by atoms with Crippen LogP contribution in [-0.4, -0.2) is 36.7 Å². The van der Waals surface area contributed by atoms with Gasteiger partial charge in [0.25, 0.3) is 23.7 Å². The second-order valence-electron chi connectivity index (χ2n) is 6.57. The molecule has 0 bridgehead atoms. The van der Waals surface area contributed by atoms with Crippen molar-refractivity contribution >= 4 is 35.3 Å². The zero-order valence-corrected chi connectivity index (χ0v) is 17.1. The van der Waals surface area contributed by atoms with Gasteiger partial charge in [-0.2, -0.15) is 15.0 Å². The van der Waals surface area contributed by atoms with Crippen molar-refractivity contribution in [1.29, 1.82) is 0 Å². The molecule has 2 amide bonds. The number of amides is 2. The summed E-state index contributed by atoms with van der Waals surface area (Å²) in [7, 11) is 0. The highest BCUT2D eigenvalue weighted by molar-refractivity contribution is 6.05. The lowest BCUT2D eigenvalue weighted by Crippen LogP contribution is -2.42.